The molecule has 0 radical (unpaired) electrons. The Morgan fingerprint density at radius 1 is 1.17 bits per heavy atom. The SMILES string of the molecule is CC1OCCC1S(=O)(=O)CCNCCS(C)(=O)=O. The highest BCUT2D eigenvalue weighted by Crippen LogP contribution is 2.21. The van der Waals surface area contributed by atoms with Gasteiger partial charge in [-0.15, -0.1) is 0 Å². The predicted octanol–water partition coefficient (Wildman–Crippen LogP) is -0.787. The fraction of sp³-hybridized carbons (Fsp3) is 1.00. The molecule has 1 aliphatic heterocycles. The van der Waals surface area contributed by atoms with Gasteiger partial charge in [-0.25, -0.2) is 16.8 Å². The van der Waals surface area contributed by atoms with Crippen LogP contribution in [0.1, 0.15) is 13.3 Å². The molecule has 2 atom stereocenters. The number of hydrogen-bond acceptors (Lipinski definition) is 6. The summed E-state index contributed by atoms with van der Waals surface area (Å²) in [6.45, 7) is 2.82. The van der Waals surface area contributed by atoms with E-state index >= 15 is 0 Å². The van der Waals surface area contributed by atoms with Crippen molar-refractivity contribution in [2.45, 2.75) is 24.7 Å². The van der Waals surface area contributed by atoms with E-state index in [-0.39, 0.29) is 30.7 Å². The first kappa shape index (κ1) is 15.9. The summed E-state index contributed by atoms with van der Waals surface area (Å²) in [6.07, 6.45) is 1.46. The van der Waals surface area contributed by atoms with Crippen molar-refractivity contribution < 1.29 is 21.6 Å². The zero-order valence-corrected chi connectivity index (χ0v) is 12.4. The van der Waals surface area contributed by atoms with Crippen molar-refractivity contribution in [2.75, 3.05) is 37.5 Å². The maximum absolute atomic E-state index is 12.0. The van der Waals surface area contributed by atoms with Gasteiger partial charge in [-0.3, -0.25) is 0 Å². The standard InChI is InChI=1S/C10H21NO5S2/c1-9-10(3-6-16-9)18(14,15)8-5-11-4-7-17(2,12)13/h9-11H,3-8H2,1-2H3. The quantitative estimate of drug-likeness (QED) is 0.620. The Hall–Kier alpha value is -0.180. The molecule has 2 unspecified atom stereocenters. The minimum atomic E-state index is -3.16. The number of sulfone groups is 2. The Morgan fingerprint density at radius 2 is 1.78 bits per heavy atom. The Bertz CT molecular complexity index is 457. The van der Waals surface area contributed by atoms with Gasteiger partial charge in [-0.1, -0.05) is 0 Å². The molecular formula is C10H21NO5S2. The third-order valence-electron chi connectivity index (χ3n) is 2.98. The van der Waals surface area contributed by atoms with Crippen LogP contribution in [0.4, 0.5) is 0 Å². The summed E-state index contributed by atoms with van der Waals surface area (Å²) in [5.41, 5.74) is 0. The Labute approximate surface area is 109 Å². The average molecular weight is 299 g/mol. The topological polar surface area (TPSA) is 89.5 Å². The molecule has 1 heterocycles. The molecule has 0 saturated carbocycles. The van der Waals surface area contributed by atoms with Crippen LogP contribution in [0.2, 0.25) is 0 Å². The fourth-order valence-electron chi connectivity index (χ4n) is 1.93. The van der Waals surface area contributed by atoms with Gasteiger partial charge >= 0.3 is 0 Å². The molecule has 0 spiro atoms. The lowest BCUT2D eigenvalue weighted by atomic mass is 10.3. The molecule has 0 aromatic rings. The van der Waals surface area contributed by atoms with Crippen molar-refractivity contribution in [3.05, 3.63) is 0 Å². The van der Waals surface area contributed by atoms with Gasteiger partial charge in [-0.05, 0) is 13.3 Å². The highest BCUT2D eigenvalue weighted by atomic mass is 32.2. The maximum atomic E-state index is 12.0. The monoisotopic (exact) mass is 299 g/mol. The lowest BCUT2D eigenvalue weighted by Crippen LogP contribution is -2.35. The smallest absolute Gasteiger partial charge is 0.157 e. The number of nitrogens with one attached hydrogen (secondary N) is 1. The second-order valence-corrected chi connectivity index (χ2v) is 9.25. The van der Waals surface area contributed by atoms with Crippen molar-refractivity contribution in [1.29, 1.82) is 0 Å². The minimum absolute atomic E-state index is 0.0229. The van der Waals surface area contributed by atoms with Crippen LogP contribution in [0.15, 0.2) is 0 Å². The van der Waals surface area contributed by atoms with Crippen molar-refractivity contribution in [1.82, 2.24) is 5.32 Å². The van der Waals surface area contributed by atoms with Crippen LogP contribution in [-0.4, -0.2) is 65.6 Å². The second-order valence-electron chi connectivity index (χ2n) is 4.65. The van der Waals surface area contributed by atoms with Crippen molar-refractivity contribution in [3.63, 3.8) is 0 Å². The maximum Gasteiger partial charge on any atom is 0.157 e. The van der Waals surface area contributed by atoms with Crippen molar-refractivity contribution in [2.24, 2.45) is 0 Å². The molecule has 18 heavy (non-hydrogen) atoms. The minimum Gasteiger partial charge on any atom is -0.377 e. The molecule has 0 aromatic carbocycles. The van der Waals surface area contributed by atoms with E-state index < -0.39 is 24.9 Å². The van der Waals surface area contributed by atoms with E-state index in [4.69, 9.17) is 4.74 Å². The van der Waals surface area contributed by atoms with Crippen molar-refractivity contribution >= 4 is 19.7 Å². The molecule has 1 fully saturated rings. The number of hydrogen-bond donors (Lipinski definition) is 1. The summed E-state index contributed by atoms with van der Waals surface area (Å²) >= 11 is 0. The third kappa shape index (κ3) is 5.21. The van der Waals surface area contributed by atoms with E-state index in [1.165, 1.54) is 0 Å². The van der Waals surface area contributed by atoms with Crippen LogP contribution in [0, 0.1) is 0 Å². The van der Waals surface area contributed by atoms with Gasteiger partial charge in [0.05, 0.1) is 22.9 Å². The molecule has 0 aromatic heterocycles. The first-order valence-electron chi connectivity index (χ1n) is 5.94. The Kier molecular flexibility index (Phi) is 5.57. The van der Waals surface area contributed by atoms with Crippen molar-refractivity contribution in [3.8, 4) is 0 Å². The summed E-state index contributed by atoms with van der Waals surface area (Å²) in [4.78, 5) is 0. The van der Waals surface area contributed by atoms with Crippen LogP contribution in [0.3, 0.4) is 0 Å². The average Bonchev–Trinajstić information content (AvgIpc) is 2.62. The predicted molar refractivity (Wildman–Crippen MR) is 70.2 cm³/mol. The molecule has 0 bridgehead atoms. The van der Waals surface area contributed by atoms with Gasteiger partial charge in [0.15, 0.2) is 9.84 Å². The van der Waals surface area contributed by atoms with Gasteiger partial charge in [0, 0.05) is 26.0 Å². The number of rotatable bonds is 7. The summed E-state index contributed by atoms with van der Waals surface area (Å²) in [6, 6.07) is 0. The summed E-state index contributed by atoms with van der Waals surface area (Å²) in [5, 5.41) is 2.42. The van der Waals surface area contributed by atoms with Crippen LogP contribution < -0.4 is 5.32 Å². The van der Waals surface area contributed by atoms with Gasteiger partial charge < -0.3 is 10.1 Å². The highest BCUT2D eigenvalue weighted by molar-refractivity contribution is 7.92. The fourth-order valence-corrected chi connectivity index (χ4v) is 4.30. The van der Waals surface area contributed by atoms with Crippen LogP contribution >= 0.6 is 0 Å². The normalized spacial score (nSPS) is 25.4. The Balaban J connectivity index is 2.30. The third-order valence-corrected chi connectivity index (χ3v) is 6.24. The van der Waals surface area contributed by atoms with E-state index in [1.807, 2.05) is 0 Å². The van der Waals surface area contributed by atoms with E-state index in [1.54, 1.807) is 6.92 Å². The Morgan fingerprint density at radius 3 is 2.28 bits per heavy atom. The first-order valence-corrected chi connectivity index (χ1v) is 9.71. The van der Waals surface area contributed by atoms with Gasteiger partial charge in [0.2, 0.25) is 0 Å². The molecule has 1 N–H and O–H groups in total. The first-order chi connectivity index (χ1) is 8.22. The molecule has 1 aliphatic rings. The second kappa shape index (κ2) is 6.31. The van der Waals surface area contributed by atoms with Gasteiger partial charge in [-0.2, -0.15) is 0 Å². The van der Waals surface area contributed by atoms with Crippen LogP contribution in [0.25, 0.3) is 0 Å². The molecule has 1 saturated heterocycles. The summed E-state index contributed by atoms with van der Waals surface area (Å²) in [7, 11) is -6.16. The lowest BCUT2D eigenvalue weighted by molar-refractivity contribution is 0.126. The molecule has 0 aliphatic carbocycles. The van der Waals surface area contributed by atoms with E-state index in [2.05, 4.69) is 5.32 Å². The summed E-state index contributed by atoms with van der Waals surface area (Å²) in [5.74, 6) is 0.0467. The molecule has 8 heteroatoms. The number of ether oxygens (including phenoxy) is 1. The molecule has 1 rings (SSSR count). The molecule has 108 valence electrons. The largest absolute Gasteiger partial charge is 0.377 e. The van der Waals surface area contributed by atoms with Gasteiger partial charge in [0.25, 0.3) is 0 Å². The van der Waals surface area contributed by atoms with E-state index in [9.17, 15) is 16.8 Å². The molecule has 6 nitrogen and oxygen atoms in total. The zero-order chi connectivity index (χ0) is 13.8. The molecular weight excluding hydrogens is 278 g/mol. The zero-order valence-electron chi connectivity index (χ0n) is 10.8. The highest BCUT2D eigenvalue weighted by Gasteiger charge is 2.35. The van der Waals surface area contributed by atoms with Gasteiger partial charge in [0.1, 0.15) is 9.84 Å². The summed E-state index contributed by atoms with van der Waals surface area (Å²) < 4.78 is 50.9. The van der Waals surface area contributed by atoms with E-state index in [0.29, 0.717) is 13.0 Å². The van der Waals surface area contributed by atoms with Crippen LogP contribution in [0.5, 0.6) is 0 Å². The van der Waals surface area contributed by atoms with E-state index in [0.717, 1.165) is 6.26 Å². The molecule has 0 amide bonds. The lowest BCUT2D eigenvalue weighted by Gasteiger charge is -2.15. The van der Waals surface area contributed by atoms with Crippen LogP contribution in [-0.2, 0) is 24.4 Å².